The molecule has 6 aromatic heterocycles. The Morgan fingerprint density at radius 1 is 0.154 bits per heavy atom. The molecule has 24 aromatic rings. The van der Waals surface area contributed by atoms with Crippen molar-refractivity contribution in [2.75, 3.05) is 0 Å². The molecule has 0 atom stereocenters. The molecule has 0 aliphatic heterocycles. The molecule has 6 heterocycles. The Morgan fingerprint density at radius 3 is 0.748 bits per heavy atom. The van der Waals surface area contributed by atoms with Gasteiger partial charge < -0.3 is 13.7 Å². The van der Waals surface area contributed by atoms with E-state index >= 15 is 0 Å². The lowest BCUT2D eigenvalue weighted by Gasteiger charge is -2.20. The van der Waals surface area contributed by atoms with Crippen LogP contribution in [0.2, 0.25) is 0 Å². The van der Waals surface area contributed by atoms with Crippen LogP contribution in [0.25, 0.3) is 148 Å². The summed E-state index contributed by atoms with van der Waals surface area (Å²) in [5.41, 5.74) is 19.2. The van der Waals surface area contributed by atoms with E-state index in [-0.39, 0.29) is 0 Å². The van der Waals surface area contributed by atoms with E-state index in [4.69, 9.17) is 15.0 Å². The van der Waals surface area contributed by atoms with E-state index in [1.807, 2.05) is 237 Å². The van der Waals surface area contributed by atoms with E-state index in [1.54, 1.807) is 0 Å². The van der Waals surface area contributed by atoms with Crippen molar-refractivity contribution >= 4 is 184 Å². The molecule has 123 heavy (non-hydrogen) atoms. The molecular formula is C111H75N6O3P3. The quantitative estimate of drug-likeness (QED) is 0.0892. The van der Waals surface area contributed by atoms with Gasteiger partial charge in [0.05, 0.1) is 49.7 Å². The molecule has 0 saturated carbocycles. The zero-order valence-electron chi connectivity index (χ0n) is 66.6. The van der Waals surface area contributed by atoms with Gasteiger partial charge in [0.25, 0.3) is 0 Å². The normalized spacial score (nSPS) is 12.0. The van der Waals surface area contributed by atoms with Gasteiger partial charge in [0.1, 0.15) is 16.9 Å². The number of fused-ring (bicyclic) bond motifs is 24. The van der Waals surface area contributed by atoms with Crippen molar-refractivity contribution in [1.29, 1.82) is 0 Å². The average molecular weight is 1630 g/mol. The van der Waals surface area contributed by atoms with Crippen molar-refractivity contribution in [1.82, 2.24) is 28.2 Å². The number of imidazole rings is 3. The van der Waals surface area contributed by atoms with Gasteiger partial charge in [-0.15, -0.1) is 0 Å². The highest BCUT2D eigenvalue weighted by Crippen LogP contribution is 2.47. The van der Waals surface area contributed by atoms with Gasteiger partial charge in [0, 0.05) is 80.1 Å². The molecule has 24 rings (SSSR count). The van der Waals surface area contributed by atoms with Crippen LogP contribution in [0.4, 0.5) is 0 Å². The standard InChI is InChI=1S/3C37H25N2OP/c40-41(28-11-3-1-4-12-28,29-13-5-2-6-14-29)30-22-19-26(20-23-30)27-21-24-32-33(25-27)31-15-7-9-17-35(31)39-36-18-10-8-16-34(36)38-37(32)39;40-41(28-11-3-1-4-12-28,29-13-5-2-6-14-29)30-22-19-26(20-23-30)27-21-24-32-31-15-7-8-16-33(31)37-38-34-17-9-10-18-35(34)39(37)36(32)25-27;40-41(28-11-3-1-4-12-28,29-13-5-2-6-14-29)30-22-19-26(20-23-30)27-21-24-35-33(25-27)31-15-7-8-16-32(31)37-38-34-17-9-10-18-36(34)39(35)37/h3*1-25H. The molecule has 0 radical (unpaired) electrons. The number of hydrogen-bond acceptors (Lipinski definition) is 6. The molecule has 9 nitrogen and oxygen atoms in total. The second-order valence-corrected chi connectivity index (χ2v) is 39.4. The van der Waals surface area contributed by atoms with Crippen LogP contribution < -0.4 is 47.7 Å². The lowest BCUT2D eigenvalue weighted by Crippen LogP contribution is -2.24. The molecule has 0 bridgehead atoms. The van der Waals surface area contributed by atoms with Crippen molar-refractivity contribution in [3.63, 3.8) is 0 Å². The van der Waals surface area contributed by atoms with Crippen molar-refractivity contribution < 1.29 is 13.7 Å². The zero-order valence-corrected chi connectivity index (χ0v) is 69.2. The lowest BCUT2D eigenvalue weighted by atomic mass is 9.99. The average Bonchev–Trinajstić information content (AvgIpc) is 1.56. The summed E-state index contributed by atoms with van der Waals surface area (Å²) in [7, 11) is -9.04. The van der Waals surface area contributed by atoms with Crippen LogP contribution in [0.15, 0.2) is 455 Å². The van der Waals surface area contributed by atoms with E-state index in [9.17, 15) is 13.7 Å². The monoisotopic (exact) mass is 1630 g/mol. The van der Waals surface area contributed by atoms with Crippen LogP contribution in [-0.2, 0) is 13.7 Å². The Bertz CT molecular complexity index is 8240. The van der Waals surface area contributed by atoms with Gasteiger partial charge >= 0.3 is 0 Å². The Hall–Kier alpha value is -14.9. The number of benzene rings is 18. The molecule has 582 valence electrons. The van der Waals surface area contributed by atoms with Crippen LogP contribution in [0.1, 0.15) is 0 Å². The first-order chi connectivity index (χ1) is 60.6. The third kappa shape index (κ3) is 12.6. The molecule has 0 aliphatic carbocycles. The Kier molecular flexibility index (Phi) is 18.6. The minimum Gasteiger partial charge on any atom is -0.309 e. The summed E-state index contributed by atoms with van der Waals surface area (Å²) < 4.78 is 51.2. The van der Waals surface area contributed by atoms with Crippen LogP contribution in [0.3, 0.4) is 0 Å². The first kappa shape index (κ1) is 74.4. The van der Waals surface area contributed by atoms with Crippen LogP contribution >= 0.6 is 21.4 Å². The fourth-order valence-corrected chi connectivity index (χ4v) is 26.2. The van der Waals surface area contributed by atoms with Crippen molar-refractivity contribution in [3.8, 4) is 33.4 Å². The maximum atomic E-state index is 14.8. The fraction of sp³-hybridized carbons (Fsp3) is 0. The van der Waals surface area contributed by atoms with Crippen molar-refractivity contribution in [2.24, 2.45) is 0 Å². The number of pyridine rings is 3. The van der Waals surface area contributed by atoms with Gasteiger partial charge in [-0.2, -0.15) is 0 Å². The largest absolute Gasteiger partial charge is 0.309 e. The topological polar surface area (TPSA) is 103 Å². The maximum absolute atomic E-state index is 14.8. The molecule has 12 heteroatoms. The Balaban J connectivity index is 0.000000110. The first-order valence-electron chi connectivity index (χ1n) is 41.3. The minimum absolute atomic E-state index is 0.827. The van der Waals surface area contributed by atoms with Crippen molar-refractivity contribution in [3.05, 3.63) is 455 Å². The molecule has 0 unspecified atom stereocenters. The van der Waals surface area contributed by atoms with E-state index in [0.29, 0.717) is 0 Å². The molecular weight excluding hydrogens is 1560 g/mol. The predicted octanol–water partition coefficient (Wildman–Crippen LogP) is 24.3. The van der Waals surface area contributed by atoms with Crippen LogP contribution in [0, 0.1) is 0 Å². The number of para-hydroxylation sites is 7. The summed E-state index contributed by atoms with van der Waals surface area (Å²) in [6.45, 7) is 0. The number of nitrogens with zero attached hydrogens (tertiary/aromatic N) is 6. The first-order valence-corrected chi connectivity index (χ1v) is 46.4. The minimum atomic E-state index is -3.02. The number of hydrogen-bond donors (Lipinski definition) is 0. The Labute approximate surface area is 709 Å². The molecule has 0 N–H and O–H groups in total. The highest BCUT2D eigenvalue weighted by atomic mass is 31.2. The third-order valence-corrected chi connectivity index (χ3v) is 33.4. The SMILES string of the molecule is O=P(c1ccccc1)(c1ccccc1)c1ccc(-c2ccc3c(c2)c2ccccc2c2nc4ccccc4n32)cc1.O=P(c1ccccc1)(c1ccccc1)c1ccc(-c2ccc3c(c2)c2ccccc2n2c4ccccc4nc32)cc1.O=P(c1ccccc1)(c1ccccc1)c1ccc(-c2ccc3c4ccccc4c4nc5ccccc5n4c3c2)cc1. The maximum Gasteiger partial charge on any atom is 0.171 e. The summed E-state index contributed by atoms with van der Waals surface area (Å²) in [4.78, 5) is 15.0. The fourth-order valence-electron chi connectivity index (χ4n) is 18.2. The van der Waals surface area contributed by atoms with Gasteiger partial charge in [-0.05, 0) is 122 Å². The summed E-state index contributed by atoms with van der Waals surface area (Å²) in [6.07, 6.45) is 0. The molecule has 0 aliphatic rings. The van der Waals surface area contributed by atoms with Crippen LogP contribution in [0.5, 0.6) is 0 Å². The molecule has 18 aromatic carbocycles. The number of rotatable bonds is 12. The van der Waals surface area contributed by atoms with Gasteiger partial charge in [0.2, 0.25) is 0 Å². The van der Waals surface area contributed by atoms with Gasteiger partial charge in [0.15, 0.2) is 21.4 Å². The smallest absolute Gasteiger partial charge is 0.171 e. The molecule has 0 fully saturated rings. The van der Waals surface area contributed by atoms with Gasteiger partial charge in [-0.1, -0.05) is 382 Å². The summed E-state index contributed by atoms with van der Waals surface area (Å²) >= 11 is 0. The predicted molar refractivity (Wildman–Crippen MR) is 518 cm³/mol. The van der Waals surface area contributed by atoms with E-state index < -0.39 is 21.4 Å². The van der Waals surface area contributed by atoms with Crippen molar-refractivity contribution in [2.45, 2.75) is 0 Å². The highest BCUT2D eigenvalue weighted by Gasteiger charge is 2.33. The highest BCUT2D eigenvalue weighted by molar-refractivity contribution is 7.86. The second kappa shape index (κ2) is 30.7. The van der Waals surface area contributed by atoms with E-state index in [2.05, 4.69) is 232 Å². The third-order valence-electron chi connectivity index (χ3n) is 24.2. The molecule has 0 saturated heterocycles. The van der Waals surface area contributed by atoms with Gasteiger partial charge in [-0.25, -0.2) is 15.0 Å². The summed E-state index contributed by atoms with van der Waals surface area (Å²) in [5, 5.41) is 18.0. The van der Waals surface area contributed by atoms with E-state index in [0.717, 1.165) is 164 Å². The van der Waals surface area contributed by atoms with E-state index in [1.165, 1.54) is 32.3 Å². The molecule has 0 spiro atoms. The Morgan fingerprint density at radius 2 is 0.382 bits per heavy atom. The lowest BCUT2D eigenvalue weighted by molar-refractivity contribution is 0.591. The second-order valence-electron chi connectivity index (χ2n) is 31.1. The molecule has 0 amide bonds. The number of aromatic nitrogens is 6. The summed E-state index contributed by atoms with van der Waals surface area (Å²) in [6, 6.07) is 154. The van der Waals surface area contributed by atoms with Crippen LogP contribution in [-0.4, -0.2) is 28.2 Å². The zero-order chi connectivity index (χ0) is 82.2. The van der Waals surface area contributed by atoms with Gasteiger partial charge in [-0.3, -0.25) is 13.2 Å². The summed E-state index contributed by atoms with van der Waals surface area (Å²) in [5.74, 6) is 0.